The second-order valence-corrected chi connectivity index (χ2v) is 9.71. The Morgan fingerprint density at radius 1 is 0.968 bits per heavy atom. The van der Waals surface area contributed by atoms with Crippen LogP contribution >= 0.6 is 11.6 Å². The minimum atomic E-state index is -3.62. The molecule has 0 atom stereocenters. The zero-order valence-electron chi connectivity index (χ0n) is 17.0. The normalized spacial score (nSPS) is 15.7. The largest absolute Gasteiger partial charge is 0.497 e. The Bertz CT molecular complexity index is 1200. The van der Waals surface area contributed by atoms with E-state index in [-0.39, 0.29) is 29.9 Å². The first kappa shape index (κ1) is 21.6. The van der Waals surface area contributed by atoms with Crippen molar-refractivity contribution in [2.24, 2.45) is 5.92 Å². The summed E-state index contributed by atoms with van der Waals surface area (Å²) in [5.41, 5.74) is 0. The van der Waals surface area contributed by atoms with Crippen LogP contribution in [0.1, 0.15) is 12.8 Å². The molecule has 1 saturated heterocycles. The Morgan fingerprint density at radius 2 is 1.61 bits per heavy atom. The number of carbonyl (C=O) groups is 1. The molecule has 0 N–H and O–H groups in total. The Kier molecular flexibility index (Phi) is 6.18. The average molecular weight is 460 g/mol. The van der Waals surface area contributed by atoms with Gasteiger partial charge in [-0.15, -0.1) is 0 Å². The first-order valence-corrected chi connectivity index (χ1v) is 11.7. The Balaban J connectivity index is 1.43. The monoisotopic (exact) mass is 459 g/mol. The first-order valence-electron chi connectivity index (χ1n) is 9.93. The number of halogens is 1. The quantitative estimate of drug-likeness (QED) is 0.414. The molecule has 1 fully saturated rings. The number of fused-ring (bicyclic) bond motifs is 1. The van der Waals surface area contributed by atoms with Gasteiger partial charge in [-0.2, -0.15) is 4.31 Å². The lowest BCUT2D eigenvalue weighted by Gasteiger charge is -2.30. The maximum Gasteiger partial charge on any atom is 0.314 e. The molecule has 0 aromatic heterocycles. The van der Waals surface area contributed by atoms with Gasteiger partial charge in [-0.25, -0.2) is 8.42 Å². The number of piperidine rings is 1. The number of sulfonamides is 1. The van der Waals surface area contributed by atoms with E-state index in [0.717, 1.165) is 10.8 Å². The van der Waals surface area contributed by atoms with Gasteiger partial charge in [-0.1, -0.05) is 35.9 Å². The predicted octanol–water partition coefficient (Wildman–Crippen LogP) is 4.51. The van der Waals surface area contributed by atoms with Gasteiger partial charge < -0.3 is 9.47 Å². The molecule has 8 heteroatoms. The Morgan fingerprint density at radius 3 is 2.26 bits per heavy atom. The zero-order valence-corrected chi connectivity index (χ0v) is 18.5. The number of hydrogen-bond acceptors (Lipinski definition) is 5. The number of carbonyl (C=O) groups excluding carboxylic acids is 1. The minimum Gasteiger partial charge on any atom is -0.497 e. The minimum absolute atomic E-state index is 0.210. The van der Waals surface area contributed by atoms with E-state index in [9.17, 15) is 13.2 Å². The van der Waals surface area contributed by atoms with Crippen molar-refractivity contribution in [1.29, 1.82) is 0 Å². The molecule has 1 aliphatic rings. The van der Waals surface area contributed by atoms with Gasteiger partial charge in [-0.05, 0) is 49.2 Å². The summed E-state index contributed by atoms with van der Waals surface area (Å²) < 4.78 is 37.9. The molecule has 31 heavy (non-hydrogen) atoms. The molecule has 4 rings (SSSR count). The molecule has 1 aliphatic heterocycles. The number of nitrogens with zero attached hydrogens (tertiary/aromatic N) is 1. The second kappa shape index (κ2) is 8.86. The highest BCUT2D eigenvalue weighted by atomic mass is 35.5. The van der Waals surface area contributed by atoms with E-state index in [1.165, 1.54) is 23.5 Å². The molecule has 162 valence electrons. The summed E-state index contributed by atoms with van der Waals surface area (Å²) in [4.78, 5) is 13.0. The van der Waals surface area contributed by atoms with E-state index in [2.05, 4.69) is 0 Å². The van der Waals surface area contributed by atoms with Crippen molar-refractivity contribution in [1.82, 2.24) is 4.31 Å². The molecule has 3 aromatic rings. The van der Waals surface area contributed by atoms with Crippen LogP contribution < -0.4 is 9.47 Å². The lowest BCUT2D eigenvalue weighted by Crippen LogP contribution is -2.41. The third-order valence-corrected chi connectivity index (χ3v) is 7.77. The highest BCUT2D eigenvalue weighted by Crippen LogP contribution is 2.33. The van der Waals surface area contributed by atoms with Gasteiger partial charge >= 0.3 is 5.97 Å². The van der Waals surface area contributed by atoms with Crippen molar-refractivity contribution >= 4 is 38.4 Å². The molecule has 0 bridgehead atoms. The van der Waals surface area contributed by atoms with E-state index < -0.39 is 10.0 Å². The number of rotatable bonds is 5. The van der Waals surface area contributed by atoms with E-state index in [1.807, 2.05) is 24.3 Å². The highest BCUT2D eigenvalue weighted by molar-refractivity contribution is 7.89. The van der Waals surface area contributed by atoms with Gasteiger partial charge in [-0.3, -0.25) is 4.79 Å². The topological polar surface area (TPSA) is 72.9 Å². The molecule has 0 unspecified atom stereocenters. The van der Waals surface area contributed by atoms with E-state index in [1.54, 1.807) is 24.3 Å². The van der Waals surface area contributed by atoms with Crippen molar-refractivity contribution in [3.05, 3.63) is 65.7 Å². The van der Waals surface area contributed by atoms with Crippen molar-refractivity contribution in [3.63, 3.8) is 0 Å². The Hall–Kier alpha value is -2.61. The van der Waals surface area contributed by atoms with Gasteiger partial charge in [0.25, 0.3) is 0 Å². The van der Waals surface area contributed by atoms with Crippen LogP contribution in [0.2, 0.25) is 5.02 Å². The number of benzene rings is 3. The maximum absolute atomic E-state index is 12.9. The van der Waals surface area contributed by atoms with E-state index in [4.69, 9.17) is 21.1 Å². The van der Waals surface area contributed by atoms with E-state index in [0.29, 0.717) is 29.4 Å². The van der Waals surface area contributed by atoms with Gasteiger partial charge in [0.1, 0.15) is 11.5 Å². The van der Waals surface area contributed by atoms with Crippen LogP contribution in [0, 0.1) is 5.92 Å². The van der Waals surface area contributed by atoms with Crippen LogP contribution in [-0.2, 0) is 14.8 Å². The number of ether oxygens (including phenoxy) is 2. The lowest BCUT2D eigenvalue weighted by molar-refractivity contribution is -0.140. The molecule has 0 radical (unpaired) electrons. The third kappa shape index (κ3) is 4.39. The maximum atomic E-state index is 12.9. The van der Waals surface area contributed by atoms with Crippen LogP contribution in [0.3, 0.4) is 0 Å². The van der Waals surface area contributed by atoms with Gasteiger partial charge in [0.15, 0.2) is 0 Å². The van der Waals surface area contributed by atoms with Crippen molar-refractivity contribution in [2.75, 3.05) is 20.2 Å². The average Bonchev–Trinajstić information content (AvgIpc) is 2.81. The molecule has 6 nitrogen and oxygen atoms in total. The molecule has 1 heterocycles. The summed E-state index contributed by atoms with van der Waals surface area (Å²) in [6.45, 7) is 0.519. The smallest absolute Gasteiger partial charge is 0.314 e. The first-order chi connectivity index (χ1) is 14.9. The number of esters is 1. The highest BCUT2D eigenvalue weighted by Gasteiger charge is 2.33. The summed E-state index contributed by atoms with van der Waals surface area (Å²) in [7, 11) is -2.09. The number of hydrogen-bond donors (Lipinski definition) is 0. The lowest BCUT2D eigenvalue weighted by atomic mass is 9.98. The third-order valence-electron chi connectivity index (χ3n) is 5.53. The summed E-state index contributed by atoms with van der Waals surface area (Å²) in [5, 5.41) is 2.17. The summed E-state index contributed by atoms with van der Waals surface area (Å²) in [6, 6.07) is 17.1. The molecule has 0 spiro atoms. The van der Waals surface area contributed by atoms with Crippen LogP contribution in [-0.4, -0.2) is 38.9 Å². The molecular weight excluding hydrogens is 438 g/mol. The molecule has 0 saturated carbocycles. The van der Waals surface area contributed by atoms with Crippen LogP contribution in [0.25, 0.3) is 10.8 Å². The van der Waals surface area contributed by atoms with Crippen molar-refractivity contribution in [3.8, 4) is 11.5 Å². The zero-order chi connectivity index (χ0) is 22.0. The summed E-state index contributed by atoms with van der Waals surface area (Å²) in [5.74, 6) is 0.333. The standard InChI is InChI=1S/C23H22ClNO5S/c1-29-17-6-8-18(9-7-17)31(27,28)25-14-12-16(13-15-25)23(26)30-22-11-10-21(24)19-4-2-3-5-20(19)22/h2-11,16H,12-15H2,1H3. The molecule has 3 aromatic carbocycles. The molecule has 0 amide bonds. The van der Waals surface area contributed by atoms with Crippen LogP contribution in [0.5, 0.6) is 11.5 Å². The van der Waals surface area contributed by atoms with E-state index >= 15 is 0 Å². The fourth-order valence-electron chi connectivity index (χ4n) is 3.74. The van der Waals surface area contributed by atoms with Crippen molar-refractivity contribution in [2.45, 2.75) is 17.7 Å². The second-order valence-electron chi connectivity index (χ2n) is 7.37. The SMILES string of the molecule is COc1ccc(S(=O)(=O)N2CCC(C(=O)Oc3ccc(Cl)c4ccccc34)CC2)cc1. The van der Waals surface area contributed by atoms with Crippen molar-refractivity contribution < 1.29 is 22.7 Å². The molecular formula is C23H22ClNO5S. The van der Waals surface area contributed by atoms with Gasteiger partial charge in [0.2, 0.25) is 10.0 Å². The summed E-state index contributed by atoms with van der Waals surface area (Å²) >= 11 is 6.23. The molecule has 0 aliphatic carbocycles. The fourth-order valence-corrected chi connectivity index (χ4v) is 5.44. The van der Waals surface area contributed by atoms with Crippen LogP contribution in [0.15, 0.2) is 65.6 Å². The van der Waals surface area contributed by atoms with Gasteiger partial charge in [0, 0.05) is 28.9 Å². The van der Waals surface area contributed by atoms with Crippen LogP contribution in [0.4, 0.5) is 0 Å². The fraction of sp³-hybridized carbons (Fsp3) is 0.261. The Labute approximate surface area is 186 Å². The number of methoxy groups -OCH3 is 1. The summed E-state index contributed by atoms with van der Waals surface area (Å²) in [6.07, 6.45) is 0.805. The predicted molar refractivity (Wildman–Crippen MR) is 119 cm³/mol. The van der Waals surface area contributed by atoms with Gasteiger partial charge in [0.05, 0.1) is 17.9 Å².